The Labute approximate surface area is 91.3 Å². The Morgan fingerprint density at radius 3 is 3.12 bits per heavy atom. The molecule has 0 saturated carbocycles. The Balaban J connectivity index is 2.21. The second kappa shape index (κ2) is 4.57. The zero-order chi connectivity index (χ0) is 11.4. The van der Waals surface area contributed by atoms with Crippen LogP contribution >= 0.6 is 0 Å². The van der Waals surface area contributed by atoms with E-state index in [2.05, 4.69) is 5.10 Å². The van der Waals surface area contributed by atoms with Gasteiger partial charge in [0.05, 0.1) is 18.1 Å². The van der Waals surface area contributed by atoms with Crippen molar-refractivity contribution in [3.63, 3.8) is 0 Å². The van der Waals surface area contributed by atoms with Crippen molar-refractivity contribution in [1.82, 2.24) is 9.78 Å². The van der Waals surface area contributed by atoms with Crippen molar-refractivity contribution in [1.29, 1.82) is 0 Å². The van der Waals surface area contributed by atoms with E-state index in [9.17, 15) is 9.18 Å². The third-order valence-corrected chi connectivity index (χ3v) is 1.95. The predicted molar refractivity (Wildman–Crippen MR) is 55.1 cm³/mol. The fraction of sp³-hybridized carbons (Fsp3) is 0.0909. The number of ether oxygens (including phenoxy) is 1. The Morgan fingerprint density at radius 1 is 1.50 bits per heavy atom. The third kappa shape index (κ3) is 2.25. The zero-order valence-electron chi connectivity index (χ0n) is 8.34. The maximum Gasteiger partial charge on any atom is 0.158 e. The van der Waals surface area contributed by atoms with Gasteiger partial charge in [0.1, 0.15) is 12.4 Å². The number of rotatable bonds is 4. The van der Waals surface area contributed by atoms with Crippen LogP contribution in [0.4, 0.5) is 4.39 Å². The molecular formula is C11H9FN2O2. The highest BCUT2D eigenvalue weighted by atomic mass is 19.1. The molecule has 2 rings (SSSR count). The molecule has 82 valence electrons. The highest BCUT2D eigenvalue weighted by Crippen LogP contribution is 2.14. The van der Waals surface area contributed by atoms with Crippen LogP contribution in [0.2, 0.25) is 0 Å². The van der Waals surface area contributed by atoms with Crippen LogP contribution in [-0.4, -0.2) is 22.7 Å². The van der Waals surface area contributed by atoms with Crippen molar-refractivity contribution in [2.75, 3.05) is 6.61 Å². The molecule has 0 fully saturated rings. The first kappa shape index (κ1) is 10.4. The summed E-state index contributed by atoms with van der Waals surface area (Å²) in [6.07, 6.45) is 3.70. The number of benzene rings is 1. The monoisotopic (exact) mass is 220 g/mol. The van der Waals surface area contributed by atoms with Crippen molar-refractivity contribution in [3.8, 4) is 11.4 Å². The molecule has 1 aromatic carbocycles. The summed E-state index contributed by atoms with van der Waals surface area (Å²) in [4.78, 5) is 10.1. The third-order valence-electron chi connectivity index (χ3n) is 1.95. The van der Waals surface area contributed by atoms with E-state index < -0.39 is 0 Å². The minimum atomic E-state index is -0.330. The van der Waals surface area contributed by atoms with Gasteiger partial charge < -0.3 is 4.74 Å². The van der Waals surface area contributed by atoms with E-state index in [1.54, 1.807) is 18.3 Å². The lowest BCUT2D eigenvalue weighted by molar-refractivity contribution is -0.109. The lowest BCUT2D eigenvalue weighted by atomic mass is 10.3. The molecule has 0 saturated heterocycles. The molecule has 0 radical (unpaired) electrons. The minimum absolute atomic E-state index is 0.0190. The summed E-state index contributed by atoms with van der Waals surface area (Å²) < 4.78 is 19.5. The molecule has 0 bridgehead atoms. The summed E-state index contributed by atoms with van der Waals surface area (Å²) in [5.41, 5.74) is 0.598. The number of hydrogen-bond acceptors (Lipinski definition) is 3. The topological polar surface area (TPSA) is 44.1 Å². The Bertz CT molecular complexity index is 496. The first-order chi connectivity index (χ1) is 7.79. The molecular weight excluding hydrogens is 211 g/mol. The molecule has 0 N–H and O–H groups in total. The molecule has 16 heavy (non-hydrogen) atoms. The van der Waals surface area contributed by atoms with E-state index in [0.29, 0.717) is 17.7 Å². The quantitative estimate of drug-likeness (QED) is 0.735. The van der Waals surface area contributed by atoms with Crippen LogP contribution in [-0.2, 0) is 4.79 Å². The van der Waals surface area contributed by atoms with Crippen molar-refractivity contribution in [2.24, 2.45) is 0 Å². The Hall–Kier alpha value is -2.17. The maximum absolute atomic E-state index is 12.9. The number of hydrogen-bond donors (Lipinski definition) is 0. The summed E-state index contributed by atoms with van der Waals surface area (Å²) >= 11 is 0. The van der Waals surface area contributed by atoms with Gasteiger partial charge in [-0.15, -0.1) is 0 Å². The molecule has 1 heterocycles. The molecule has 1 aromatic heterocycles. The minimum Gasteiger partial charge on any atom is -0.483 e. The highest BCUT2D eigenvalue weighted by Gasteiger charge is 2.02. The number of nitrogens with zero attached hydrogens (tertiary/aromatic N) is 2. The molecule has 0 aliphatic carbocycles. The SMILES string of the molecule is O=CCOc1cnn(-c2cccc(F)c2)c1. The van der Waals surface area contributed by atoms with Crippen molar-refractivity contribution in [3.05, 3.63) is 42.5 Å². The van der Waals surface area contributed by atoms with E-state index >= 15 is 0 Å². The lowest BCUT2D eigenvalue weighted by Crippen LogP contribution is -1.97. The van der Waals surface area contributed by atoms with Gasteiger partial charge in [0, 0.05) is 0 Å². The lowest BCUT2D eigenvalue weighted by Gasteiger charge is -2.00. The van der Waals surface area contributed by atoms with Crippen LogP contribution in [0.15, 0.2) is 36.7 Å². The van der Waals surface area contributed by atoms with E-state index in [-0.39, 0.29) is 12.4 Å². The maximum atomic E-state index is 12.9. The van der Waals surface area contributed by atoms with Gasteiger partial charge >= 0.3 is 0 Å². The van der Waals surface area contributed by atoms with E-state index in [0.717, 1.165) is 0 Å². The summed E-state index contributed by atoms with van der Waals surface area (Å²) in [6, 6.07) is 6.03. The second-order valence-corrected chi connectivity index (χ2v) is 3.08. The van der Waals surface area contributed by atoms with Gasteiger partial charge in [0.25, 0.3) is 0 Å². The molecule has 5 heteroatoms. The highest BCUT2D eigenvalue weighted by molar-refractivity contribution is 5.51. The number of halogens is 1. The average Bonchev–Trinajstić information content (AvgIpc) is 2.75. The van der Waals surface area contributed by atoms with Crippen LogP contribution in [0.25, 0.3) is 5.69 Å². The summed E-state index contributed by atoms with van der Waals surface area (Å²) in [6.45, 7) is -0.0190. The molecule has 0 atom stereocenters. The van der Waals surface area contributed by atoms with Crippen LogP contribution in [0.5, 0.6) is 5.75 Å². The Morgan fingerprint density at radius 2 is 2.38 bits per heavy atom. The molecule has 0 spiro atoms. The first-order valence-corrected chi connectivity index (χ1v) is 4.66. The molecule has 0 amide bonds. The van der Waals surface area contributed by atoms with Crippen molar-refractivity contribution in [2.45, 2.75) is 0 Å². The summed E-state index contributed by atoms with van der Waals surface area (Å²) in [5, 5.41) is 3.99. The van der Waals surface area contributed by atoms with Crippen LogP contribution in [0, 0.1) is 5.82 Å². The van der Waals surface area contributed by atoms with E-state index in [1.165, 1.54) is 23.0 Å². The number of aldehydes is 1. The zero-order valence-corrected chi connectivity index (χ0v) is 8.34. The molecule has 0 aliphatic heterocycles. The van der Waals surface area contributed by atoms with Crippen LogP contribution in [0.1, 0.15) is 0 Å². The van der Waals surface area contributed by atoms with Gasteiger partial charge in [-0.25, -0.2) is 9.07 Å². The van der Waals surface area contributed by atoms with Crippen molar-refractivity contribution >= 4 is 6.29 Å². The fourth-order valence-corrected chi connectivity index (χ4v) is 1.27. The van der Waals surface area contributed by atoms with Crippen LogP contribution in [0.3, 0.4) is 0 Å². The van der Waals surface area contributed by atoms with Gasteiger partial charge in [-0.3, -0.25) is 4.79 Å². The predicted octanol–water partition coefficient (Wildman–Crippen LogP) is 1.59. The van der Waals surface area contributed by atoms with Gasteiger partial charge in [0.15, 0.2) is 12.0 Å². The van der Waals surface area contributed by atoms with E-state index in [4.69, 9.17) is 4.74 Å². The van der Waals surface area contributed by atoms with Crippen molar-refractivity contribution < 1.29 is 13.9 Å². The first-order valence-electron chi connectivity index (χ1n) is 4.66. The molecule has 4 nitrogen and oxygen atoms in total. The number of aromatic nitrogens is 2. The van der Waals surface area contributed by atoms with Gasteiger partial charge in [-0.05, 0) is 18.2 Å². The Kier molecular flexibility index (Phi) is 2.95. The van der Waals surface area contributed by atoms with E-state index in [1.807, 2.05) is 0 Å². The van der Waals surface area contributed by atoms with Crippen LogP contribution < -0.4 is 4.74 Å². The molecule has 0 unspecified atom stereocenters. The average molecular weight is 220 g/mol. The standard InChI is InChI=1S/C11H9FN2O2/c12-9-2-1-3-10(6-9)14-8-11(7-13-14)16-5-4-15/h1-4,6-8H,5H2. The fourth-order valence-electron chi connectivity index (χ4n) is 1.27. The summed E-state index contributed by atoms with van der Waals surface area (Å²) in [5.74, 6) is 0.139. The van der Waals surface area contributed by atoms with Gasteiger partial charge in [0.2, 0.25) is 0 Å². The molecule has 0 aliphatic rings. The largest absolute Gasteiger partial charge is 0.483 e. The second-order valence-electron chi connectivity index (χ2n) is 3.08. The summed E-state index contributed by atoms with van der Waals surface area (Å²) in [7, 11) is 0. The smallest absolute Gasteiger partial charge is 0.158 e. The normalized spacial score (nSPS) is 10.1. The van der Waals surface area contributed by atoms with Gasteiger partial charge in [-0.1, -0.05) is 6.07 Å². The van der Waals surface area contributed by atoms with Gasteiger partial charge in [-0.2, -0.15) is 5.10 Å². The number of carbonyl (C=O) groups is 1. The molecule has 2 aromatic rings. The number of carbonyl (C=O) groups excluding carboxylic acids is 1.